The van der Waals surface area contributed by atoms with Crippen LogP contribution in [-0.2, 0) is 16.1 Å². The number of hydrogen-bond donors (Lipinski definition) is 1. The summed E-state index contributed by atoms with van der Waals surface area (Å²) < 4.78 is 6.19. The molecule has 1 atom stereocenters. The van der Waals surface area contributed by atoms with Gasteiger partial charge in [0.1, 0.15) is 5.75 Å². The Kier molecular flexibility index (Phi) is 5.41. The Bertz CT molecular complexity index is 747. The Hall–Kier alpha value is -1.59. The zero-order valence-electron chi connectivity index (χ0n) is 13.8. The molecule has 3 rings (SSSR count). The summed E-state index contributed by atoms with van der Waals surface area (Å²) in [5.41, 5.74) is 0.921. The van der Waals surface area contributed by atoms with Crippen molar-refractivity contribution in [2.75, 3.05) is 19.7 Å². The van der Waals surface area contributed by atoms with E-state index in [2.05, 4.69) is 26.9 Å². The number of piperidine rings is 1. The number of esters is 1. The van der Waals surface area contributed by atoms with Gasteiger partial charge in [0.15, 0.2) is 0 Å². The van der Waals surface area contributed by atoms with Crippen LogP contribution in [0.2, 0.25) is 0 Å². The molecule has 24 heavy (non-hydrogen) atoms. The Morgan fingerprint density at radius 3 is 3.00 bits per heavy atom. The molecule has 4 nitrogen and oxygen atoms in total. The van der Waals surface area contributed by atoms with Crippen LogP contribution in [-0.4, -0.2) is 35.7 Å². The van der Waals surface area contributed by atoms with E-state index in [-0.39, 0.29) is 11.9 Å². The second-order valence-corrected chi connectivity index (χ2v) is 7.17. The molecule has 1 N–H and O–H groups in total. The smallest absolute Gasteiger partial charge is 0.310 e. The first-order valence-corrected chi connectivity index (χ1v) is 9.17. The monoisotopic (exact) mass is 391 g/mol. The fourth-order valence-electron chi connectivity index (χ4n) is 3.40. The highest BCUT2D eigenvalue weighted by Gasteiger charge is 2.27. The zero-order valence-corrected chi connectivity index (χ0v) is 15.4. The van der Waals surface area contributed by atoms with Crippen LogP contribution >= 0.6 is 15.9 Å². The van der Waals surface area contributed by atoms with E-state index in [1.807, 2.05) is 25.1 Å². The van der Waals surface area contributed by atoms with E-state index < -0.39 is 0 Å². The van der Waals surface area contributed by atoms with Gasteiger partial charge in [0, 0.05) is 23.1 Å². The summed E-state index contributed by atoms with van der Waals surface area (Å²) in [7, 11) is 0. The molecule has 5 heteroatoms. The average Bonchev–Trinajstić information content (AvgIpc) is 2.58. The van der Waals surface area contributed by atoms with Gasteiger partial charge in [-0.2, -0.15) is 0 Å². The number of aromatic hydroxyl groups is 1. The van der Waals surface area contributed by atoms with Gasteiger partial charge >= 0.3 is 5.97 Å². The van der Waals surface area contributed by atoms with Crippen LogP contribution < -0.4 is 0 Å². The molecular formula is C19H22BrNO3. The number of phenols is 1. The zero-order chi connectivity index (χ0) is 17.1. The first-order chi connectivity index (χ1) is 11.6. The number of halogens is 1. The van der Waals surface area contributed by atoms with E-state index >= 15 is 0 Å². The van der Waals surface area contributed by atoms with Crippen molar-refractivity contribution in [1.82, 2.24) is 4.90 Å². The number of likely N-dealkylation sites (tertiary alicyclic amines) is 1. The van der Waals surface area contributed by atoms with Gasteiger partial charge in [-0.1, -0.05) is 28.1 Å². The Morgan fingerprint density at radius 2 is 2.21 bits per heavy atom. The summed E-state index contributed by atoms with van der Waals surface area (Å²) in [5.74, 6) is 0.140. The molecule has 0 spiro atoms. The van der Waals surface area contributed by atoms with Gasteiger partial charge < -0.3 is 9.84 Å². The third kappa shape index (κ3) is 3.73. The first kappa shape index (κ1) is 17.2. The lowest BCUT2D eigenvalue weighted by Crippen LogP contribution is -2.39. The molecule has 1 aliphatic rings. The lowest BCUT2D eigenvalue weighted by Gasteiger charge is -2.31. The van der Waals surface area contributed by atoms with E-state index in [9.17, 15) is 9.90 Å². The minimum absolute atomic E-state index is 0.0648. The number of benzene rings is 2. The molecule has 1 heterocycles. The summed E-state index contributed by atoms with van der Waals surface area (Å²) in [6.07, 6.45) is 1.85. The average molecular weight is 392 g/mol. The van der Waals surface area contributed by atoms with Crippen molar-refractivity contribution in [1.29, 1.82) is 0 Å². The topological polar surface area (TPSA) is 49.8 Å². The van der Waals surface area contributed by atoms with Crippen LogP contribution in [0.15, 0.2) is 34.8 Å². The summed E-state index contributed by atoms with van der Waals surface area (Å²) in [4.78, 5) is 14.2. The van der Waals surface area contributed by atoms with E-state index in [0.29, 0.717) is 25.4 Å². The van der Waals surface area contributed by atoms with Crippen molar-refractivity contribution in [3.8, 4) is 5.75 Å². The Morgan fingerprint density at radius 1 is 1.38 bits per heavy atom. The molecule has 1 saturated heterocycles. The van der Waals surface area contributed by atoms with Crippen molar-refractivity contribution in [2.45, 2.75) is 26.3 Å². The lowest BCUT2D eigenvalue weighted by molar-refractivity contribution is -0.150. The minimum Gasteiger partial charge on any atom is -0.508 e. The van der Waals surface area contributed by atoms with Crippen LogP contribution in [0.1, 0.15) is 25.3 Å². The van der Waals surface area contributed by atoms with Crippen LogP contribution in [0.3, 0.4) is 0 Å². The number of phenolic OH excluding ortho intramolecular Hbond substituents is 1. The highest BCUT2D eigenvalue weighted by Crippen LogP contribution is 2.31. The molecule has 1 unspecified atom stereocenters. The predicted molar refractivity (Wildman–Crippen MR) is 97.9 cm³/mol. The van der Waals surface area contributed by atoms with Crippen LogP contribution in [0.5, 0.6) is 5.75 Å². The molecule has 1 fully saturated rings. The molecular weight excluding hydrogens is 370 g/mol. The standard InChI is InChI=1S/C19H22BrNO3/c1-2-24-19(23)14-4-3-9-21(11-14)12-17-16-7-6-15(20)10-13(16)5-8-18(17)22/h5-8,10,14,22H,2-4,9,11-12H2,1H3. The number of hydrogen-bond acceptors (Lipinski definition) is 4. The van der Waals surface area contributed by atoms with Gasteiger partial charge in [-0.25, -0.2) is 0 Å². The predicted octanol–water partition coefficient (Wildman–Crippen LogP) is 4.08. The first-order valence-electron chi connectivity index (χ1n) is 8.37. The Balaban J connectivity index is 1.81. The van der Waals surface area contributed by atoms with Gasteiger partial charge in [-0.05, 0) is 55.3 Å². The summed E-state index contributed by atoms with van der Waals surface area (Å²) in [6.45, 7) is 4.52. The fraction of sp³-hybridized carbons (Fsp3) is 0.421. The van der Waals surface area contributed by atoms with Crippen molar-refractivity contribution in [3.05, 3.63) is 40.4 Å². The minimum atomic E-state index is -0.103. The van der Waals surface area contributed by atoms with Gasteiger partial charge in [-0.3, -0.25) is 9.69 Å². The molecule has 1 aliphatic heterocycles. The van der Waals surface area contributed by atoms with Gasteiger partial charge in [0.2, 0.25) is 0 Å². The van der Waals surface area contributed by atoms with Crippen molar-refractivity contribution in [2.24, 2.45) is 5.92 Å². The molecule has 0 amide bonds. The highest BCUT2D eigenvalue weighted by atomic mass is 79.9. The quantitative estimate of drug-likeness (QED) is 0.797. The van der Waals surface area contributed by atoms with E-state index in [4.69, 9.17) is 4.74 Å². The van der Waals surface area contributed by atoms with Gasteiger partial charge in [0.25, 0.3) is 0 Å². The van der Waals surface area contributed by atoms with E-state index in [1.165, 1.54) is 0 Å². The lowest BCUT2D eigenvalue weighted by atomic mass is 9.96. The molecule has 0 bridgehead atoms. The largest absolute Gasteiger partial charge is 0.508 e. The molecule has 0 aliphatic carbocycles. The van der Waals surface area contributed by atoms with Gasteiger partial charge in [0.05, 0.1) is 12.5 Å². The van der Waals surface area contributed by atoms with Crippen molar-refractivity contribution >= 4 is 32.7 Å². The van der Waals surface area contributed by atoms with Crippen LogP contribution in [0, 0.1) is 5.92 Å². The van der Waals surface area contributed by atoms with Crippen molar-refractivity contribution < 1.29 is 14.6 Å². The molecule has 0 saturated carbocycles. The maximum Gasteiger partial charge on any atom is 0.310 e. The second kappa shape index (κ2) is 7.53. The number of carbonyl (C=O) groups excluding carboxylic acids is 1. The number of nitrogens with zero attached hydrogens (tertiary/aromatic N) is 1. The van der Waals surface area contributed by atoms with Crippen LogP contribution in [0.25, 0.3) is 10.8 Å². The fourth-order valence-corrected chi connectivity index (χ4v) is 3.77. The molecule has 2 aromatic rings. The normalized spacial score (nSPS) is 18.7. The van der Waals surface area contributed by atoms with Gasteiger partial charge in [-0.15, -0.1) is 0 Å². The maximum atomic E-state index is 12.0. The third-order valence-corrected chi connectivity index (χ3v) is 5.07. The SMILES string of the molecule is CCOC(=O)C1CCCN(Cc2c(O)ccc3cc(Br)ccc23)C1. The van der Waals surface area contributed by atoms with E-state index in [0.717, 1.165) is 40.2 Å². The highest BCUT2D eigenvalue weighted by molar-refractivity contribution is 9.10. The van der Waals surface area contributed by atoms with Crippen LogP contribution in [0.4, 0.5) is 0 Å². The molecule has 0 aromatic heterocycles. The second-order valence-electron chi connectivity index (χ2n) is 6.26. The van der Waals surface area contributed by atoms with Crippen molar-refractivity contribution in [3.63, 3.8) is 0 Å². The Labute approximate surface area is 150 Å². The number of carbonyl (C=O) groups is 1. The third-order valence-electron chi connectivity index (χ3n) is 4.58. The summed E-state index contributed by atoms with van der Waals surface area (Å²) in [6, 6.07) is 9.74. The maximum absolute atomic E-state index is 12.0. The number of ether oxygens (including phenoxy) is 1. The molecule has 0 radical (unpaired) electrons. The summed E-state index contributed by atoms with van der Waals surface area (Å²) in [5, 5.41) is 12.5. The molecule has 128 valence electrons. The van der Waals surface area contributed by atoms with E-state index in [1.54, 1.807) is 6.07 Å². The number of rotatable bonds is 4. The molecule has 2 aromatic carbocycles. The number of fused-ring (bicyclic) bond motifs is 1. The summed E-state index contributed by atoms with van der Waals surface area (Å²) >= 11 is 3.49.